The van der Waals surface area contributed by atoms with Crippen LogP contribution >= 0.6 is 0 Å². The van der Waals surface area contributed by atoms with Gasteiger partial charge in [0.15, 0.2) is 5.58 Å². The molecule has 3 aromatic rings. The number of alkyl carbamates (subject to hydrolysis) is 1. The zero-order valence-corrected chi connectivity index (χ0v) is 23.0. The number of benzene rings is 2. The molecule has 9 heteroatoms. The van der Waals surface area contributed by atoms with E-state index >= 15 is 0 Å². The van der Waals surface area contributed by atoms with Gasteiger partial charge in [-0.2, -0.15) is 5.26 Å². The molecule has 2 N–H and O–H groups in total. The summed E-state index contributed by atoms with van der Waals surface area (Å²) in [5.74, 6) is -0.674. The Morgan fingerprint density at radius 3 is 2.41 bits per heavy atom. The van der Waals surface area contributed by atoms with Gasteiger partial charge in [0.25, 0.3) is 0 Å². The molecule has 4 rings (SSSR count). The van der Waals surface area contributed by atoms with Crippen molar-refractivity contribution in [1.29, 1.82) is 5.26 Å². The summed E-state index contributed by atoms with van der Waals surface area (Å²) < 4.78 is 12.1. The Hall–Kier alpha value is -4.06. The minimum absolute atomic E-state index is 0.0996. The van der Waals surface area contributed by atoms with Crippen LogP contribution in [-0.2, 0) is 23.0 Å². The fraction of sp³-hybridized carbons (Fsp3) is 0.467. The first kappa shape index (κ1) is 28.0. The van der Waals surface area contributed by atoms with Crippen molar-refractivity contribution < 1.29 is 18.7 Å². The number of hydrogen-bond acceptors (Lipinski definition) is 6. The van der Waals surface area contributed by atoms with Crippen LogP contribution in [0.15, 0.2) is 51.7 Å². The molecule has 1 atom stereocenters. The normalized spacial score (nSPS) is 15.8. The number of carbonyl (C=O) groups is 2. The van der Waals surface area contributed by atoms with Crippen LogP contribution in [0.2, 0.25) is 0 Å². The molecule has 0 radical (unpaired) electrons. The second kappa shape index (κ2) is 11.4. The largest absolute Gasteiger partial charge is 0.444 e. The number of hydrogen-bond donors (Lipinski definition) is 2. The van der Waals surface area contributed by atoms with Gasteiger partial charge in [-0.15, -0.1) is 0 Å². The van der Waals surface area contributed by atoms with Crippen molar-refractivity contribution in [1.82, 2.24) is 15.2 Å². The third-order valence-corrected chi connectivity index (χ3v) is 7.09. The van der Waals surface area contributed by atoms with Crippen molar-refractivity contribution >= 4 is 23.1 Å². The highest BCUT2D eigenvalue weighted by Gasteiger charge is 2.37. The van der Waals surface area contributed by atoms with E-state index in [1.807, 2.05) is 36.4 Å². The molecule has 9 nitrogen and oxygen atoms in total. The molecular weight excluding hydrogens is 496 g/mol. The second-order valence-electron chi connectivity index (χ2n) is 11.4. The number of aromatic nitrogens is 1. The Labute approximate surface area is 228 Å². The van der Waals surface area contributed by atoms with E-state index in [4.69, 9.17) is 9.15 Å². The number of ether oxygens (including phenoxy) is 1. The summed E-state index contributed by atoms with van der Waals surface area (Å²) in [4.78, 5) is 37.3. The third kappa shape index (κ3) is 7.08. The van der Waals surface area contributed by atoms with Crippen molar-refractivity contribution in [3.8, 4) is 17.2 Å². The summed E-state index contributed by atoms with van der Waals surface area (Å²) in [6, 6.07) is 14.8. The molecule has 1 saturated carbocycles. The summed E-state index contributed by atoms with van der Waals surface area (Å²) in [6.07, 6.45) is 4.20. The smallest absolute Gasteiger partial charge is 0.419 e. The highest BCUT2D eigenvalue weighted by atomic mass is 16.6. The lowest BCUT2D eigenvalue weighted by molar-refractivity contribution is -0.123. The molecule has 1 aliphatic rings. The fourth-order valence-electron chi connectivity index (χ4n) is 5.15. The predicted octanol–water partition coefficient (Wildman–Crippen LogP) is 4.97. The van der Waals surface area contributed by atoms with Gasteiger partial charge in [-0.25, -0.2) is 9.59 Å². The number of rotatable bonds is 7. The zero-order chi connectivity index (χ0) is 28.2. The third-order valence-electron chi connectivity index (χ3n) is 7.09. The summed E-state index contributed by atoms with van der Waals surface area (Å²) in [7, 11) is 1.67. The van der Waals surface area contributed by atoms with Crippen LogP contribution in [0.25, 0.3) is 22.2 Å². The van der Waals surface area contributed by atoms with E-state index in [9.17, 15) is 19.6 Å². The van der Waals surface area contributed by atoms with Gasteiger partial charge < -0.3 is 19.8 Å². The second-order valence-corrected chi connectivity index (χ2v) is 11.4. The fourth-order valence-corrected chi connectivity index (χ4v) is 5.15. The zero-order valence-electron chi connectivity index (χ0n) is 23.0. The number of fused-ring (bicyclic) bond motifs is 1. The summed E-state index contributed by atoms with van der Waals surface area (Å²) >= 11 is 0. The highest BCUT2D eigenvalue weighted by Crippen LogP contribution is 2.32. The Bertz CT molecular complexity index is 1430. The standard InChI is InChI=1S/C30H36N4O5/c1-29(2,3)39-27(36)33-30(14-6-5-7-15-30)18-26(35)32-23(19-31)16-20-8-10-21(11-9-20)22-12-13-25-24(17-22)34(4)28(37)38-25/h8-13,17,23H,5-7,14-16,18H2,1-4H3,(H,32,35)(H,33,36)/t23-/m0/s1. The van der Waals surface area contributed by atoms with E-state index in [0.29, 0.717) is 30.4 Å². The molecule has 0 aliphatic heterocycles. The number of amides is 2. The summed E-state index contributed by atoms with van der Waals surface area (Å²) in [6.45, 7) is 5.41. The van der Waals surface area contributed by atoms with Crippen LogP contribution in [0.3, 0.4) is 0 Å². The molecule has 2 aromatic carbocycles. The molecule has 2 amide bonds. The van der Waals surface area contributed by atoms with E-state index in [2.05, 4.69) is 16.7 Å². The van der Waals surface area contributed by atoms with Gasteiger partial charge in [0.05, 0.1) is 17.1 Å². The molecule has 0 unspecified atom stereocenters. The van der Waals surface area contributed by atoms with Gasteiger partial charge in [0.1, 0.15) is 11.6 Å². The van der Waals surface area contributed by atoms with Gasteiger partial charge >= 0.3 is 11.8 Å². The first-order valence-corrected chi connectivity index (χ1v) is 13.4. The van der Waals surface area contributed by atoms with Gasteiger partial charge in [-0.05, 0) is 62.4 Å². The van der Waals surface area contributed by atoms with Crippen molar-refractivity contribution in [2.24, 2.45) is 7.05 Å². The number of carbonyl (C=O) groups excluding carboxylic acids is 2. The van der Waals surface area contributed by atoms with Crippen molar-refractivity contribution in [2.75, 3.05) is 0 Å². The van der Waals surface area contributed by atoms with E-state index in [1.54, 1.807) is 33.9 Å². The van der Waals surface area contributed by atoms with Gasteiger partial charge in [-0.3, -0.25) is 9.36 Å². The number of aryl methyl sites for hydroxylation is 1. The number of nitrogens with zero attached hydrogens (tertiary/aromatic N) is 2. The Kier molecular flexibility index (Phi) is 8.14. The molecule has 1 aliphatic carbocycles. The Morgan fingerprint density at radius 1 is 1.10 bits per heavy atom. The van der Waals surface area contributed by atoms with Crippen LogP contribution in [0.5, 0.6) is 0 Å². The van der Waals surface area contributed by atoms with Gasteiger partial charge in [0, 0.05) is 19.9 Å². The van der Waals surface area contributed by atoms with Crippen LogP contribution < -0.4 is 16.4 Å². The average molecular weight is 533 g/mol. The van der Waals surface area contributed by atoms with E-state index in [-0.39, 0.29) is 12.3 Å². The van der Waals surface area contributed by atoms with Crippen LogP contribution in [0.1, 0.15) is 64.9 Å². The monoisotopic (exact) mass is 532 g/mol. The van der Waals surface area contributed by atoms with Crippen molar-refractivity contribution in [3.05, 3.63) is 58.6 Å². The van der Waals surface area contributed by atoms with E-state index in [1.165, 1.54) is 4.57 Å². The first-order valence-electron chi connectivity index (χ1n) is 13.4. The van der Waals surface area contributed by atoms with Crippen molar-refractivity contribution in [3.63, 3.8) is 0 Å². The van der Waals surface area contributed by atoms with Crippen LogP contribution in [-0.4, -0.2) is 33.7 Å². The Morgan fingerprint density at radius 2 is 1.77 bits per heavy atom. The lowest BCUT2D eigenvalue weighted by Gasteiger charge is -2.38. The molecule has 0 bridgehead atoms. The maximum Gasteiger partial charge on any atom is 0.419 e. The maximum absolute atomic E-state index is 13.0. The number of oxazole rings is 1. The summed E-state index contributed by atoms with van der Waals surface area (Å²) in [5.41, 5.74) is 2.74. The molecule has 1 aromatic heterocycles. The minimum Gasteiger partial charge on any atom is -0.444 e. The molecular formula is C30H36N4O5. The topological polar surface area (TPSA) is 126 Å². The Balaban J connectivity index is 1.39. The lowest BCUT2D eigenvalue weighted by Crippen LogP contribution is -2.54. The maximum atomic E-state index is 13.0. The molecule has 0 spiro atoms. The molecule has 206 valence electrons. The quantitative estimate of drug-likeness (QED) is 0.443. The average Bonchev–Trinajstić information content (AvgIpc) is 3.15. The number of nitriles is 1. The predicted molar refractivity (Wildman–Crippen MR) is 148 cm³/mol. The highest BCUT2D eigenvalue weighted by molar-refractivity contribution is 5.81. The summed E-state index contributed by atoms with van der Waals surface area (Å²) in [5, 5.41) is 15.6. The lowest BCUT2D eigenvalue weighted by atomic mass is 9.79. The number of nitrogens with one attached hydrogen (secondary N) is 2. The molecule has 39 heavy (non-hydrogen) atoms. The SMILES string of the molecule is Cn1c(=O)oc2ccc(-c3ccc(C[C@@H](C#N)NC(=O)CC4(NC(=O)OC(C)(C)C)CCCCC4)cc3)cc21. The van der Waals surface area contributed by atoms with E-state index < -0.39 is 29.0 Å². The van der Waals surface area contributed by atoms with Gasteiger partial charge in [-0.1, -0.05) is 49.6 Å². The van der Waals surface area contributed by atoms with Crippen LogP contribution in [0.4, 0.5) is 4.79 Å². The van der Waals surface area contributed by atoms with E-state index in [0.717, 1.165) is 36.0 Å². The molecule has 1 fully saturated rings. The first-order chi connectivity index (χ1) is 18.5. The molecule has 0 saturated heterocycles. The van der Waals surface area contributed by atoms with Gasteiger partial charge in [0.2, 0.25) is 5.91 Å². The van der Waals surface area contributed by atoms with Crippen molar-refractivity contribution in [2.45, 2.75) is 82.9 Å². The minimum atomic E-state index is -0.706. The molecule has 1 heterocycles. The van der Waals surface area contributed by atoms with Crippen LogP contribution in [0, 0.1) is 11.3 Å².